The van der Waals surface area contributed by atoms with E-state index in [0.29, 0.717) is 12.4 Å². The van der Waals surface area contributed by atoms with Crippen LogP contribution in [0.1, 0.15) is 5.56 Å². The molecule has 102 valence electrons. The average Bonchev–Trinajstić information content (AvgIpc) is 2.98. The molecule has 1 aromatic carbocycles. The first-order chi connectivity index (χ1) is 9.85. The largest absolute Gasteiger partial charge is 0.396 e. The third kappa shape index (κ3) is 2.00. The number of hydrogen-bond donors (Lipinski definition) is 2. The van der Waals surface area contributed by atoms with Gasteiger partial charge in [0.15, 0.2) is 5.65 Å². The third-order valence-electron chi connectivity index (χ3n) is 3.15. The van der Waals surface area contributed by atoms with Crippen molar-refractivity contribution in [2.75, 3.05) is 19.0 Å². The monoisotopic (exact) mass is 269 g/mol. The fraction of sp³-hybridized carbons (Fsp3) is 0.214. The summed E-state index contributed by atoms with van der Waals surface area (Å²) in [6.07, 6.45) is 1.98. The molecule has 0 saturated carbocycles. The van der Waals surface area contributed by atoms with Gasteiger partial charge >= 0.3 is 0 Å². The minimum atomic E-state index is 0.0446. The van der Waals surface area contributed by atoms with Gasteiger partial charge < -0.3 is 10.4 Å². The molecule has 6 heteroatoms. The van der Waals surface area contributed by atoms with E-state index in [0.717, 1.165) is 22.5 Å². The second kappa shape index (κ2) is 5.26. The van der Waals surface area contributed by atoms with E-state index in [2.05, 4.69) is 20.4 Å². The van der Waals surface area contributed by atoms with Crippen LogP contribution in [0.4, 0.5) is 5.95 Å². The summed E-state index contributed by atoms with van der Waals surface area (Å²) in [5.74, 6) is 0.623. The molecule has 0 unspecified atom stereocenters. The van der Waals surface area contributed by atoms with Crippen molar-refractivity contribution in [1.29, 1.82) is 0 Å². The molecular weight excluding hydrogens is 254 g/mol. The number of aromatic nitrogens is 4. The van der Waals surface area contributed by atoms with Crippen LogP contribution in [0.25, 0.3) is 16.9 Å². The number of nitrogens with zero attached hydrogens (tertiary/aromatic N) is 4. The third-order valence-corrected chi connectivity index (χ3v) is 3.15. The fourth-order valence-corrected chi connectivity index (χ4v) is 2.27. The highest BCUT2D eigenvalue weighted by molar-refractivity contribution is 5.71. The molecule has 2 heterocycles. The van der Waals surface area contributed by atoms with E-state index in [1.165, 1.54) is 6.33 Å². The van der Waals surface area contributed by atoms with Crippen molar-refractivity contribution < 1.29 is 5.11 Å². The van der Waals surface area contributed by atoms with E-state index in [1.807, 2.05) is 30.3 Å². The maximum Gasteiger partial charge on any atom is 0.226 e. The lowest BCUT2D eigenvalue weighted by Crippen LogP contribution is -2.08. The van der Waals surface area contributed by atoms with Crippen LogP contribution in [-0.4, -0.2) is 38.3 Å². The van der Waals surface area contributed by atoms with Gasteiger partial charge in [-0.3, -0.25) is 0 Å². The van der Waals surface area contributed by atoms with Crippen molar-refractivity contribution in [3.05, 3.63) is 42.2 Å². The SMILES string of the molecule is CNc1nc(-c2ccccc2)c(CCO)c2ncnn12. The molecule has 0 saturated heterocycles. The first kappa shape index (κ1) is 12.6. The van der Waals surface area contributed by atoms with E-state index >= 15 is 0 Å². The Morgan fingerprint density at radius 3 is 2.75 bits per heavy atom. The molecule has 0 spiro atoms. The van der Waals surface area contributed by atoms with Crippen molar-refractivity contribution in [2.45, 2.75) is 6.42 Å². The van der Waals surface area contributed by atoms with Gasteiger partial charge in [0.05, 0.1) is 5.69 Å². The van der Waals surface area contributed by atoms with Crippen molar-refractivity contribution in [1.82, 2.24) is 19.6 Å². The molecule has 3 aromatic rings. The van der Waals surface area contributed by atoms with Crippen LogP contribution < -0.4 is 5.32 Å². The standard InChI is InChI=1S/C14H15N5O/c1-15-14-18-12(10-5-3-2-4-6-10)11(7-8-20)13-16-9-17-19(13)14/h2-6,9,20H,7-8H2,1H3,(H,15,18). The maximum atomic E-state index is 9.31. The van der Waals surface area contributed by atoms with Gasteiger partial charge in [0.2, 0.25) is 5.95 Å². The zero-order valence-electron chi connectivity index (χ0n) is 11.1. The Balaban J connectivity index is 2.31. The molecule has 0 aliphatic rings. The lowest BCUT2D eigenvalue weighted by atomic mass is 10.0. The number of benzene rings is 1. The quantitative estimate of drug-likeness (QED) is 0.748. The summed E-state index contributed by atoms with van der Waals surface area (Å²) in [6, 6.07) is 9.88. The molecular formula is C14H15N5O. The summed E-state index contributed by atoms with van der Waals surface area (Å²) in [4.78, 5) is 8.91. The predicted octanol–water partition coefficient (Wildman–Crippen LogP) is 1.37. The summed E-state index contributed by atoms with van der Waals surface area (Å²) in [5, 5.41) is 16.5. The van der Waals surface area contributed by atoms with Gasteiger partial charge in [-0.25, -0.2) is 9.97 Å². The highest BCUT2D eigenvalue weighted by atomic mass is 16.3. The lowest BCUT2D eigenvalue weighted by Gasteiger charge is -2.12. The highest BCUT2D eigenvalue weighted by Crippen LogP contribution is 2.26. The summed E-state index contributed by atoms with van der Waals surface area (Å²) < 4.78 is 1.65. The first-order valence-electron chi connectivity index (χ1n) is 6.41. The Labute approximate surface area is 116 Å². The molecule has 0 atom stereocenters. The number of aliphatic hydroxyl groups excluding tert-OH is 1. The predicted molar refractivity (Wildman–Crippen MR) is 76.6 cm³/mol. The number of aliphatic hydroxyl groups is 1. The van der Waals surface area contributed by atoms with Crippen LogP contribution in [-0.2, 0) is 6.42 Å². The van der Waals surface area contributed by atoms with Crippen LogP contribution in [0.2, 0.25) is 0 Å². The van der Waals surface area contributed by atoms with Gasteiger partial charge in [0.1, 0.15) is 6.33 Å². The molecule has 2 N–H and O–H groups in total. The van der Waals surface area contributed by atoms with Gasteiger partial charge in [0.25, 0.3) is 0 Å². The van der Waals surface area contributed by atoms with Crippen molar-refractivity contribution in [3.8, 4) is 11.3 Å². The number of hydrogen-bond acceptors (Lipinski definition) is 5. The van der Waals surface area contributed by atoms with Crippen molar-refractivity contribution in [3.63, 3.8) is 0 Å². The minimum absolute atomic E-state index is 0.0446. The van der Waals surface area contributed by atoms with Crippen LogP contribution in [0.5, 0.6) is 0 Å². The first-order valence-corrected chi connectivity index (χ1v) is 6.41. The van der Waals surface area contributed by atoms with E-state index in [-0.39, 0.29) is 6.61 Å². The molecule has 0 aliphatic carbocycles. The topological polar surface area (TPSA) is 75.3 Å². The summed E-state index contributed by atoms with van der Waals surface area (Å²) in [7, 11) is 1.80. The molecule has 0 aliphatic heterocycles. The van der Waals surface area contributed by atoms with E-state index in [9.17, 15) is 5.11 Å². The van der Waals surface area contributed by atoms with Gasteiger partial charge in [-0.2, -0.15) is 9.61 Å². The molecule has 0 fully saturated rings. The molecule has 6 nitrogen and oxygen atoms in total. The zero-order chi connectivity index (χ0) is 13.9. The van der Waals surface area contributed by atoms with Crippen LogP contribution in [0, 0.1) is 0 Å². The Kier molecular flexibility index (Phi) is 3.30. The van der Waals surface area contributed by atoms with E-state index in [4.69, 9.17) is 0 Å². The average molecular weight is 269 g/mol. The van der Waals surface area contributed by atoms with Gasteiger partial charge in [-0.15, -0.1) is 0 Å². The fourth-order valence-electron chi connectivity index (χ4n) is 2.27. The van der Waals surface area contributed by atoms with Crippen LogP contribution in [0.3, 0.4) is 0 Å². The second-order valence-electron chi connectivity index (χ2n) is 4.35. The highest BCUT2D eigenvalue weighted by Gasteiger charge is 2.16. The van der Waals surface area contributed by atoms with Crippen molar-refractivity contribution in [2.24, 2.45) is 0 Å². The molecule has 0 amide bonds. The van der Waals surface area contributed by atoms with Gasteiger partial charge in [-0.05, 0) is 0 Å². The number of rotatable bonds is 4. The summed E-state index contributed by atoms with van der Waals surface area (Å²) >= 11 is 0. The Hall–Kier alpha value is -2.47. The minimum Gasteiger partial charge on any atom is -0.396 e. The van der Waals surface area contributed by atoms with Crippen molar-refractivity contribution >= 4 is 11.6 Å². The van der Waals surface area contributed by atoms with Crippen LogP contribution >= 0.6 is 0 Å². The molecule has 3 rings (SSSR count). The maximum absolute atomic E-state index is 9.31. The number of anilines is 1. The second-order valence-corrected chi connectivity index (χ2v) is 4.35. The Bertz CT molecular complexity index is 723. The summed E-state index contributed by atoms with van der Waals surface area (Å²) in [5.41, 5.74) is 3.44. The molecule has 2 aromatic heterocycles. The summed E-state index contributed by atoms with van der Waals surface area (Å²) in [6.45, 7) is 0.0446. The molecule has 0 bridgehead atoms. The van der Waals surface area contributed by atoms with E-state index < -0.39 is 0 Å². The Morgan fingerprint density at radius 1 is 1.25 bits per heavy atom. The van der Waals surface area contributed by atoms with Gasteiger partial charge in [0, 0.05) is 31.2 Å². The molecule has 0 radical (unpaired) electrons. The van der Waals surface area contributed by atoms with Gasteiger partial charge in [-0.1, -0.05) is 30.3 Å². The van der Waals surface area contributed by atoms with E-state index in [1.54, 1.807) is 11.6 Å². The number of nitrogens with one attached hydrogen (secondary N) is 1. The zero-order valence-corrected chi connectivity index (χ0v) is 11.1. The smallest absolute Gasteiger partial charge is 0.226 e. The Morgan fingerprint density at radius 2 is 2.05 bits per heavy atom. The molecule has 20 heavy (non-hydrogen) atoms. The number of fused-ring (bicyclic) bond motifs is 1. The normalized spacial score (nSPS) is 10.9. The van der Waals surface area contributed by atoms with Crippen LogP contribution in [0.15, 0.2) is 36.7 Å². The lowest BCUT2D eigenvalue weighted by molar-refractivity contribution is 0.300.